The Morgan fingerprint density at radius 3 is 2.55 bits per heavy atom. The van der Waals surface area contributed by atoms with Gasteiger partial charge in [0.25, 0.3) is 0 Å². The molecule has 0 amide bonds. The summed E-state index contributed by atoms with van der Waals surface area (Å²) in [5.74, 6) is 0.733. The first kappa shape index (κ1) is 27.7. The third-order valence-electron chi connectivity index (χ3n) is 6.95. The Kier molecular flexibility index (Phi) is 10.3. The Bertz CT molecular complexity index is 831. The van der Waals surface area contributed by atoms with E-state index in [9.17, 15) is 9.90 Å². The van der Waals surface area contributed by atoms with Crippen LogP contribution < -0.4 is 0 Å². The molecule has 1 N–H and O–H groups in total. The predicted molar refractivity (Wildman–Crippen MR) is 135 cm³/mol. The number of aliphatic hydroxyl groups excluding tert-OH is 1. The van der Waals surface area contributed by atoms with Crippen LogP contribution in [-0.2, 0) is 9.53 Å². The maximum atomic E-state index is 15.2. The van der Waals surface area contributed by atoms with Crippen molar-refractivity contribution in [3.63, 3.8) is 0 Å². The number of aliphatic hydroxyl groups is 1. The molecule has 0 aromatic carbocycles. The second-order valence-corrected chi connectivity index (χ2v) is 11.7. The quantitative estimate of drug-likeness (QED) is 0.484. The lowest BCUT2D eigenvalue weighted by atomic mass is 9.74. The summed E-state index contributed by atoms with van der Waals surface area (Å²) in [6.07, 6.45) is 5.21. The molecular formula is C27H42FNO3S. The van der Waals surface area contributed by atoms with E-state index in [1.165, 1.54) is 17.4 Å². The molecule has 33 heavy (non-hydrogen) atoms. The molecule has 0 aliphatic carbocycles. The average Bonchev–Trinajstić information content (AvgIpc) is 3.13. The fourth-order valence-corrected chi connectivity index (χ4v) is 5.25. The number of carbonyl (C=O) groups is 1. The highest BCUT2D eigenvalue weighted by atomic mass is 32.1. The van der Waals surface area contributed by atoms with Gasteiger partial charge in [0.2, 0.25) is 0 Å². The first-order valence-electron chi connectivity index (χ1n) is 12.3. The molecule has 1 fully saturated rings. The lowest BCUT2D eigenvalue weighted by Crippen LogP contribution is -2.41. The summed E-state index contributed by atoms with van der Waals surface area (Å²) >= 11 is 1.48. The highest BCUT2D eigenvalue weighted by Gasteiger charge is 2.39. The van der Waals surface area contributed by atoms with Crippen LogP contribution in [0.3, 0.4) is 0 Å². The van der Waals surface area contributed by atoms with Gasteiger partial charge in [-0.15, -0.1) is 11.3 Å². The third kappa shape index (κ3) is 8.32. The third-order valence-corrected chi connectivity index (χ3v) is 7.74. The van der Waals surface area contributed by atoms with Gasteiger partial charge >= 0.3 is 0 Å². The number of nitrogens with zero attached hydrogens (tertiary/aromatic N) is 1. The number of aryl methyl sites for hydroxylation is 1. The Morgan fingerprint density at radius 1 is 1.24 bits per heavy atom. The molecule has 6 heteroatoms. The highest BCUT2D eigenvalue weighted by molar-refractivity contribution is 7.09. The highest BCUT2D eigenvalue weighted by Crippen LogP contribution is 2.34. The van der Waals surface area contributed by atoms with Gasteiger partial charge < -0.3 is 9.84 Å². The maximum Gasteiger partial charge on any atom is 0.149 e. The van der Waals surface area contributed by atoms with Crippen LogP contribution in [0.15, 0.2) is 23.5 Å². The molecule has 0 spiro atoms. The number of Topliss-reactive ketones (excluding diaryl/α,β-unsaturated/α-hetero) is 1. The Hall–Kier alpha value is -1.53. The van der Waals surface area contributed by atoms with Crippen LogP contribution in [0.25, 0.3) is 6.08 Å². The molecule has 0 bridgehead atoms. The topological polar surface area (TPSA) is 59.4 Å². The smallest absolute Gasteiger partial charge is 0.149 e. The zero-order valence-corrected chi connectivity index (χ0v) is 22.0. The summed E-state index contributed by atoms with van der Waals surface area (Å²) in [5, 5.41) is 13.6. The molecule has 0 saturated carbocycles. The van der Waals surface area contributed by atoms with Crippen LogP contribution in [0.2, 0.25) is 0 Å². The van der Waals surface area contributed by atoms with Crippen LogP contribution in [0.4, 0.5) is 4.39 Å². The molecule has 1 aliphatic heterocycles. The van der Waals surface area contributed by atoms with Crippen molar-refractivity contribution in [1.82, 2.24) is 4.98 Å². The van der Waals surface area contributed by atoms with E-state index in [-0.39, 0.29) is 23.9 Å². The summed E-state index contributed by atoms with van der Waals surface area (Å²) in [5.41, 5.74) is -0.349. The van der Waals surface area contributed by atoms with Gasteiger partial charge in [-0.25, -0.2) is 9.37 Å². The van der Waals surface area contributed by atoms with Gasteiger partial charge in [0, 0.05) is 23.1 Å². The number of ketones is 1. The molecule has 1 aromatic rings. The van der Waals surface area contributed by atoms with Crippen LogP contribution in [0, 0.1) is 30.1 Å². The summed E-state index contributed by atoms with van der Waals surface area (Å²) in [7, 11) is 0. The number of hydrogen-bond acceptors (Lipinski definition) is 5. The van der Waals surface area contributed by atoms with Crippen molar-refractivity contribution in [1.29, 1.82) is 0 Å². The number of halogens is 1. The van der Waals surface area contributed by atoms with Gasteiger partial charge in [0.1, 0.15) is 17.7 Å². The van der Waals surface area contributed by atoms with Crippen LogP contribution >= 0.6 is 11.3 Å². The van der Waals surface area contributed by atoms with Crippen molar-refractivity contribution in [3.8, 4) is 0 Å². The van der Waals surface area contributed by atoms with E-state index in [1.54, 1.807) is 13.8 Å². The molecule has 0 radical (unpaired) electrons. The van der Waals surface area contributed by atoms with E-state index in [4.69, 9.17) is 4.74 Å². The lowest BCUT2D eigenvalue weighted by Gasteiger charge is -2.33. The Labute approximate surface area is 203 Å². The first-order chi connectivity index (χ1) is 15.4. The summed E-state index contributed by atoms with van der Waals surface area (Å²) in [4.78, 5) is 17.5. The van der Waals surface area contributed by atoms with E-state index >= 15 is 4.39 Å². The van der Waals surface area contributed by atoms with Gasteiger partial charge in [-0.1, -0.05) is 60.5 Å². The average molecular weight is 480 g/mol. The lowest BCUT2D eigenvalue weighted by molar-refractivity contribution is -0.137. The van der Waals surface area contributed by atoms with Crippen LogP contribution in [0.5, 0.6) is 0 Å². The largest absolute Gasteiger partial charge is 0.488 e. The molecular weight excluding hydrogens is 437 g/mol. The SMILES string of the molecule is C=C1C[C@H](O)C(C)(C)C(=O)[C@H](C)C[C@@H](C)CCC[C@@H](C)CCC(/C(F)=C/c2csc(C)n2)O1. The van der Waals surface area contributed by atoms with E-state index in [1.807, 2.05) is 19.2 Å². The van der Waals surface area contributed by atoms with Gasteiger partial charge in [-0.2, -0.15) is 0 Å². The minimum atomic E-state index is -0.948. The van der Waals surface area contributed by atoms with Gasteiger partial charge in [0.15, 0.2) is 0 Å². The molecule has 1 unspecified atom stereocenters. The number of ether oxygens (including phenoxy) is 1. The van der Waals surface area contributed by atoms with Crippen LogP contribution in [-0.4, -0.2) is 28.1 Å². The van der Waals surface area contributed by atoms with E-state index in [0.717, 1.165) is 37.1 Å². The number of hydrogen-bond donors (Lipinski definition) is 1. The maximum absolute atomic E-state index is 15.2. The van der Waals surface area contributed by atoms with Crippen molar-refractivity contribution in [3.05, 3.63) is 34.2 Å². The molecule has 1 aliphatic rings. The van der Waals surface area contributed by atoms with E-state index in [2.05, 4.69) is 25.4 Å². The summed E-state index contributed by atoms with van der Waals surface area (Å²) in [6.45, 7) is 15.8. The van der Waals surface area contributed by atoms with Crippen molar-refractivity contribution in [2.75, 3.05) is 0 Å². The molecule has 186 valence electrons. The minimum absolute atomic E-state index is 0.0524. The predicted octanol–water partition coefficient (Wildman–Crippen LogP) is 7.27. The molecule has 1 saturated heterocycles. The molecule has 5 atom stereocenters. The van der Waals surface area contributed by atoms with Crippen molar-refractivity contribution >= 4 is 23.2 Å². The molecule has 2 heterocycles. The number of aromatic nitrogens is 1. The number of thiazole rings is 1. The monoisotopic (exact) mass is 479 g/mol. The fourth-order valence-electron chi connectivity index (χ4n) is 4.68. The minimum Gasteiger partial charge on any atom is -0.488 e. The number of rotatable bonds is 2. The molecule has 2 rings (SSSR count). The zero-order chi connectivity index (χ0) is 24.8. The Morgan fingerprint density at radius 2 is 1.91 bits per heavy atom. The zero-order valence-electron chi connectivity index (χ0n) is 21.2. The van der Waals surface area contributed by atoms with Gasteiger partial charge in [-0.05, 0) is 44.1 Å². The normalized spacial score (nSPS) is 31.3. The van der Waals surface area contributed by atoms with Crippen molar-refractivity contribution in [2.45, 2.75) is 98.7 Å². The standard InChI is InChI=1S/C27H42FNO3S/c1-17-9-8-10-18(2)13-19(3)26(31)27(6,7)25(30)14-20(4)32-24(12-11-17)23(28)15-22-16-33-21(5)29-22/h15-19,24-25,30H,4,8-14H2,1-3,5-7H3/b23-15-/t17-,18+,19-,24?,25+/m1/s1. The summed E-state index contributed by atoms with van der Waals surface area (Å²) < 4.78 is 21.2. The van der Waals surface area contributed by atoms with Crippen molar-refractivity contribution in [2.24, 2.45) is 23.2 Å². The van der Waals surface area contributed by atoms with Crippen LogP contribution in [0.1, 0.15) is 90.3 Å². The summed E-state index contributed by atoms with van der Waals surface area (Å²) in [6, 6.07) is 0. The Balaban J connectivity index is 2.24. The number of carbonyl (C=O) groups excluding carboxylic acids is 1. The molecule has 1 aromatic heterocycles. The first-order valence-corrected chi connectivity index (χ1v) is 13.1. The van der Waals surface area contributed by atoms with E-state index in [0.29, 0.717) is 29.7 Å². The van der Waals surface area contributed by atoms with Gasteiger partial charge in [0.05, 0.1) is 22.6 Å². The fraction of sp³-hybridized carbons (Fsp3) is 0.704. The second-order valence-electron chi connectivity index (χ2n) is 10.6. The molecule has 4 nitrogen and oxygen atoms in total. The van der Waals surface area contributed by atoms with E-state index < -0.39 is 17.6 Å². The van der Waals surface area contributed by atoms with Crippen molar-refractivity contribution < 1.29 is 19.0 Å². The van der Waals surface area contributed by atoms with Gasteiger partial charge in [-0.3, -0.25) is 4.79 Å². The second kappa shape index (κ2) is 12.3.